The third-order valence-corrected chi connectivity index (χ3v) is 9.45. The van der Waals surface area contributed by atoms with Crippen molar-refractivity contribution in [1.29, 1.82) is 0 Å². The zero-order valence-electron chi connectivity index (χ0n) is 27.6. The van der Waals surface area contributed by atoms with Gasteiger partial charge < -0.3 is 24.3 Å². The Morgan fingerprint density at radius 3 is 2.43 bits per heavy atom. The number of nitrogens with two attached hydrogens (primary N) is 1. The lowest BCUT2D eigenvalue weighted by Gasteiger charge is -2.26. The zero-order valence-corrected chi connectivity index (χ0v) is 28.5. The minimum absolute atomic E-state index is 0.0535. The van der Waals surface area contributed by atoms with Crippen molar-refractivity contribution in [3.05, 3.63) is 72.6 Å². The molecule has 2 heterocycles. The molecule has 0 aliphatic carbocycles. The number of carbonyl (C=O) groups excluding carboxylic acids is 1. The summed E-state index contributed by atoms with van der Waals surface area (Å²) in [7, 11) is -4.11. The first-order chi connectivity index (χ1) is 22.6. The largest absolute Gasteiger partial charge is 0.462 e. The van der Waals surface area contributed by atoms with Crippen LogP contribution in [0.15, 0.2) is 66.7 Å². The molecule has 1 unspecified atom stereocenters. The number of imidazole rings is 1. The van der Waals surface area contributed by atoms with E-state index in [1.807, 2.05) is 67.6 Å². The molecule has 47 heavy (non-hydrogen) atoms. The van der Waals surface area contributed by atoms with E-state index in [0.717, 1.165) is 45.9 Å². The van der Waals surface area contributed by atoms with Gasteiger partial charge in [0.25, 0.3) is 0 Å². The number of aromatic nitrogens is 3. The number of hydrogen-bond acceptors (Lipinski definition) is 9. The molecule has 3 atom stereocenters. The van der Waals surface area contributed by atoms with Crippen molar-refractivity contribution in [2.75, 3.05) is 18.9 Å². The van der Waals surface area contributed by atoms with Gasteiger partial charge in [-0.1, -0.05) is 67.9 Å². The number of benzene rings is 3. The molecule has 0 aliphatic heterocycles. The van der Waals surface area contributed by atoms with Crippen LogP contribution < -0.4 is 15.3 Å². The topological polar surface area (TPSA) is 140 Å². The molecule has 5 rings (SSSR count). The van der Waals surface area contributed by atoms with Crippen LogP contribution in [0.2, 0.25) is 0 Å². The van der Waals surface area contributed by atoms with E-state index in [1.165, 1.54) is 0 Å². The Labute approximate surface area is 275 Å². The van der Waals surface area contributed by atoms with E-state index in [4.69, 9.17) is 29.2 Å². The Balaban J connectivity index is 1.48. The fourth-order valence-electron chi connectivity index (χ4n) is 5.72. The molecule has 0 saturated heterocycles. The fourth-order valence-corrected chi connectivity index (χ4v) is 7.24. The predicted molar refractivity (Wildman–Crippen MR) is 185 cm³/mol. The van der Waals surface area contributed by atoms with E-state index >= 15 is 0 Å². The first-order valence-electron chi connectivity index (χ1n) is 16.2. The summed E-state index contributed by atoms with van der Waals surface area (Å²) in [5.74, 6) is 0.893. The number of pyridine rings is 1. The van der Waals surface area contributed by atoms with E-state index in [-0.39, 0.29) is 18.8 Å². The van der Waals surface area contributed by atoms with Gasteiger partial charge in [0.2, 0.25) is 0 Å². The normalized spacial score (nSPS) is 14.4. The average Bonchev–Trinajstić information content (AvgIpc) is 3.43. The molecule has 12 heteroatoms. The molecular weight excluding hydrogens is 617 g/mol. The van der Waals surface area contributed by atoms with E-state index in [0.29, 0.717) is 36.7 Å². The number of nitrogens with zero attached hydrogens (tertiary/aromatic N) is 3. The van der Waals surface area contributed by atoms with Gasteiger partial charge in [-0.15, -0.1) is 0 Å². The van der Waals surface area contributed by atoms with Gasteiger partial charge in [0.15, 0.2) is 5.82 Å². The molecule has 0 bridgehead atoms. The molecule has 0 spiro atoms. The van der Waals surface area contributed by atoms with Crippen molar-refractivity contribution in [1.82, 2.24) is 19.6 Å². The standard InChI is InChI=1S/C35H44N5O6P/c1-6-13-26(40-31(22-43-7-2)38-32-33(40)28-17-10-11-18-29(28)37-34(32)36)20-21-44-47(42,39-24(5)35(41)45-23(3)4)46-30-19-12-15-25-14-8-9-16-27(25)30/h8-12,14-19,23-24,26H,6-7,13,20-22H2,1-5H3,(H2,36,37)(H,39,42)/t24-,26+,47?/m0/s1. The summed E-state index contributed by atoms with van der Waals surface area (Å²) in [6.07, 6.45) is 1.78. The zero-order chi connectivity index (χ0) is 33.6. The van der Waals surface area contributed by atoms with E-state index in [1.54, 1.807) is 26.8 Å². The van der Waals surface area contributed by atoms with E-state index < -0.39 is 19.8 Å². The van der Waals surface area contributed by atoms with Gasteiger partial charge in [-0.3, -0.25) is 9.32 Å². The average molecular weight is 662 g/mol. The van der Waals surface area contributed by atoms with Gasteiger partial charge in [0.05, 0.1) is 23.7 Å². The quantitative estimate of drug-likeness (QED) is 0.0798. The smallest absolute Gasteiger partial charge is 0.459 e. The number of anilines is 1. The maximum atomic E-state index is 14.5. The minimum Gasteiger partial charge on any atom is -0.462 e. The highest BCUT2D eigenvalue weighted by Crippen LogP contribution is 2.47. The van der Waals surface area contributed by atoms with Crippen LogP contribution in [0.25, 0.3) is 32.7 Å². The summed E-state index contributed by atoms with van der Waals surface area (Å²) in [5, 5.41) is 5.44. The van der Waals surface area contributed by atoms with Gasteiger partial charge >= 0.3 is 13.7 Å². The number of hydrogen-bond donors (Lipinski definition) is 2. The molecule has 0 amide bonds. The van der Waals surface area contributed by atoms with Crippen molar-refractivity contribution in [2.24, 2.45) is 0 Å². The van der Waals surface area contributed by atoms with E-state index in [9.17, 15) is 9.36 Å². The number of para-hydroxylation sites is 1. The molecule has 5 aromatic rings. The minimum atomic E-state index is -4.11. The molecule has 250 valence electrons. The molecule has 0 fully saturated rings. The third-order valence-electron chi connectivity index (χ3n) is 7.79. The summed E-state index contributed by atoms with van der Waals surface area (Å²) in [4.78, 5) is 22.2. The van der Waals surface area contributed by atoms with Gasteiger partial charge in [-0.25, -0.2) is 14.5 Å². The van der Waals surface area contributed by atoms with Crippen LogP contribution >= 0.6 is 7.75 Å². The van der Waals surface area contributed by atoms with Crippen LogP contribution in [0, 0.1) is 0 Å². The number of carbonyl (C=O) groups is 1. The van der Waals surface area contributed by atoms with Crippen molar-refractivity contribution in [3.8, 4) is 5.75 Å². The third kappa shape index (κ3) is 7.93. The monoisotopic (exact) mass is 661 g/mol. The first-order valence-corrected chi connectivity index (χ1v) is 17.7. The second-order valence-corrected chi connectivity index (χ2v) is 13.4. The SMILES string of the molecule is CCC[C@H](CCOP(=O)(N[C@@H](C)C(=O)OC(C)C)Oc1cccc2ccccc12)n1c(COCC)nc2c(N)nc3ccccc3c21. The molecule has 2 aromatic heterocycles. The highest BCUT2D eigenvalue weighted by Gasteiger charge is 2.34. The number of rotatable bonds is 16. The van der Waals surface area contributed by atoms with Crippen LogP contribution in [0.1, 0.15) is 65.7 Å². The highest BCUT2D eigenvalue weighted by atomic mass is 31.2. The van der Waals surface area contributed by atoms with Crippen LogP contribution in [-0.4, -0.2) is 45.9 Å². The number of ether oxygens (including phenoxy) is 2. The lowest BCUT2D eigenvalue weighted by Crippen LogP contribution is -2.36. The van der Waals surface area contributed by atoms with Crippen molar-refractivity contribution in [2.45, 2.75) is 78.7 Å². The number of nitrogen functional groups attached to an aromatic ring is 1. The lowest BCUT2D eigenvalue weighted by atomic mass is 10.1. The maximum absolute atomic E-state index is 14.5. The first kappa shape index (κ1) is 34.3. The second-order valence-electron chi connectivity index (χ2n) is 11.7. The molecule has 0 saturated carbocycles. The highest BCUT2D eigenvalue weighted by molar-refractivity contribution is 7.52. The predicted octanol–water partition coefficient (Wildman–Crippen LogP) is 7.72. The van der Waals surface area contributed by atoms with E-state index in [2.05, 4.69) is 21.6 Å². The van der Waals surface area contributed by atoms with Gasteiger partial charge in [-0.05, 0) is 58.1 Å². The Morgan fingerprint density at radius 2 is 1.68 bits per heavy atom. The maximum Gasteiger partial charge on any atom is 0.459 e. The second kappa shape index (κ2) is 15.3. The number of nitrogens with one attached hydrogen (secondary N) is 1. The van der Waals surface area contributed by atoms with Gasteiger partial charge in [0, 0.05) is 23.4 Å². The summed E-state index contributed by atoms with van der Waals surface area (Å²) in [6, 6.07) is 19.9. The van der Waals surface area contributed by atoms with Crippen molar-refractivity contribution < 1.29 is 27.9 Å². The van der Waals surface area contributed by atoms with Crippen LogP contribution in [0.3, 0.4) is 0 Å². The number of esters is 1. The Bertz CT molecular complexity index is 1890. The molecule has 0 radical (unpaired) electrons. The Hall–Kier alpha value is -4.02. The van der Waals surface area contributed by atoms with Gasteiger partial charge in [-0.2, -0.15) is 5.09 Å². The number of fused-ring (bicyclic) bond motifs is 4. The summed E-state index contributed by atoms with van der Waals surface area (Å²) in [5.41, 5.74) is 8.69. The molecule has 11 nitrogen and oxygen atoms in total. The molecular formula is C35H44N5O6P. The Morgan fingerprint density at radius 1 is 0.957 bits per heavy atom. The molecule has 3 N–H and O–H groups in total. The Kier molecular flexibility index (Phi) is 11.1. The lowest BCUT2D eigenvalue weighted by molar-refractivity contribution is -0.149. The molecule has 3 aromatic carbocycles. The molecule has 0 aliphatic rings. The van der Waals surface area contributed by atoms with Gasteiger partial charge in [0.1, 0.15) is 29.7 Å². The fraction of sp³-hybridized carbons (Fsp3) is 0.400. The summed E-state index contributed by atoms with van der Waals surface area (Å²) in [6.45, 7) is 10.0. The summed E-state index contributed by atoms with van der Waals surface area (Å²) >= 11 is 0. The van der Waals surface area contributed by atoms with Crippen molar-refractivity contribution >= 4 is 52.2 Å². The summed E-state index contributed by atoms with van der Waals surface area (Å²) < 4.78 is 40.1. The van der Waals surface area contributed by atoms with Crippen LogP contribution in [0.5, 0.6) is 5.75 Å². The van der Waals surface area contributed by atoms with Crippen LogP contribution in [0.4, 0.5) is 5.82 Å². The van der Waals surface area contributed by atoms with Crippen molar-refractivity contribution in [3.63, 3.8) is 0 Å². The van der Waals surface area contributed by atoms with Crippen LogP contribution in [-0.2, 0) is 30.0 Å².